The third-order valence-electron chi connectivity index (χ3n) is 10.7. The summed E-state index contributed by atoms with van der Waals surface area (Å²) < 4.78 is 30.8. The maximum atomic E-state index is 14.6. The van der Waals surface area contributed by atoms with Crippen LogP contribution in [0.3, 0.4) is 0 Å². The van der Waals surface area contributed by atoms with Crippen LogP contribution in [0, 0.1) is 17.8 Å². The van der Waals surface area contributed by atoms with E-state index in [4.69, 9.17) is 14.0 Å². The number of hydrogen-bond acceptors (Lipinski definition) is 8. The second-order valence-electron chi connectivity index (χ2n) is 14.2. The lowest BCUT2D eigenvalue weighted by Crippen LogP contribution is -2.57. The first-order chi connectivity index (χ1) is 23.5. The van der Waals surface area contributed by atoms with Crippen LogP contribution < -0.4 is 15.4 Å². The summed E-state index contributed by atoms with van der Waals surface area (Å²) in [4.78, 5) is 59.0. The van der Waals surface area contributed by atoms with Crippen LogP contribution in [0.5, 0.6) is 5.88 Å². The van der Waals surface area contributed by atoms with Crippen LogP contribution in [0.2, 0.25) is 0 Å². The van der Waals surface area contributed by atoms with E-state index in [1.165, 1.54) is 4.90 Å². The fourth-order valence-corrected chi connectivity index (χ4v) is 9.59. The summed E-state index contributed by atoms with van der Waals surface area (Å²) in [6, 6.07) is 6.19. The summed E-state index contributed by atoms with van der Waals surface area (Å²) in [5, 5.41) is 5.99. The van der Waals surface area contributed by atoms with Gasteiger partial charge in [0.1, 0.15) is 23.5 Å². The Morgan fingerprint density at radius 3 is 2.76 bits per heavy atom. The third-order valence-corrected chi connectivity index (χ3v) is 12.9. The number of nitrogens with zero attached hydrogens (tertiary/aromatic N) is 2. The van der Waals surface area contributed by atoms with E-state index in [9.17, 15) is 23.8 Å². The second-order valence-corrected chi connectivity index (χ2v) is 16.3. The van der Waals surface area contributed by atoms with E-state index in [0.29, 0.717) is 5.88 Å². The zero-order valence-electron chi connectivity index (χ0n) is 28.5. The fourth-order valence-electron chi connectivity index (χ4n) is 7.80. The first-order valence-electron chi connectivity index (χ1n) is 17.7. The van der Waals surface area contributed by atoms with Crippen LogP contribution in [-0.2, 0) is 29.8 Å². The van der Waals surface area contributed by atoms with Gasteiger partial charge in [-0.05, 0) is 80.4 Å². The Morgan fingerprint density at radius 2 is 2.02 bits per heavy atom. The van der Waals surface area contributed by atoms with Crippen LogP contribution in [0.4, 0.5) is 4.79 Å². The molecule has 266 valence electrons. The Balaban J connectivity index is 1.36. The summed E-state index contributed by atoms with van der Waals surface area (Å²) in [7, 11) is -4.29. The van der Waals surface area contributed by atoms with Crippen LogP contribution in [0.15, 0.2) is 43.1 Å². The Morgan fingerprint density at radius 1 is 1.22 bits per heavy atom. The molecule has 4 aliphatic rings. The topological polar surface area (TPSA) is 156 Å². The summed E-state index contributed by atoms with van der Waals surface area (Å²) >= 11 is 0. The Bertz CT molecular complexity index is 1610. The van der Waals surface area contributed by atoms with Gasteiger partial charge in [0.05, 0.1) is 19.8 Å². The van der Waals surface area contributed by atoms with Gasteiger partial charge in [-0.15, -0.1) is 6.58 Å². The van der Waals surface area contributed by atoms with E-state index in [2.05, 4.69) is 34.3 Å². The minimum absolute atomic E-state index is 0.0113. The molecule has 1 aromatic carbocycles. The molecule has 2 saturated carbocycles. The SMILES string of the molecule is C=CC1CC1(NC(=O)[C@@H]1C[C@@H]2CN1C(=O)[C@H](C1CCCCC1)NC(=O)OC[C@H](C)CCCc1ccc3ccnc(c3c1)O2)P(=O)(O)OCC. The molecule has 7 atom stereocenters. The number of fused-ring (bicyclic) bond motifs is 3. The molecule has 4 bridgehead atoms. The number of amides is 3. The van der Waals surface area contributed by atoms with E-state index in [0.717, 1.165) is 67.7 Å². The lowest BCUT2D eigenvalue weighted by molar-refractivity contribution is -0.141. The van der Waals surface area contributed by atoms with Crippen LogP contribution >= 0.6 is 7.60 Å². The first-order valence-corrected chi connectivity index (χ1v) is 19.3. The average Bonchev–Trinajstić information content (AvgIpc) is 3.66. The third kappa shape index (κ3) is 7.51. The standard InChI is InChI=1S/C36H49N4O8P/c1-4-27-20-36(27,49(44,45)47-5-2)39-32(41)30-19-28-21-40(30)34(42)31(26-12-7-6-8-13-26)38-35(43)46-22-23(3)10-9-11-24-14-15-25-16-17-37-33(48-28)29(25)18-24/h4,14-18,23,26-28,30-31H,1,5-13,19-22H2,2-3H3,(H,38,43)(H,39,41)(H,44,45)/t23-,27?,28-,30+,31+,36?/m1/s1. The lowest BCUT2D eigenvalue weighted by atomic mass is 9.83. The van der Waals surface area contributed by atoms with Gasteiger partial charge >= 0.3 is 13.7 Å². The van der Waals surface area contributed by atoms with Gasteiger partial charge in [-0.2, -0.15) is 0 Å². The van der Waals surface area contributed by atoms with Crippen LogP contribution in [0.1, 0.15) is 77.2 Å². The summed E-state index contributed by atoms with van der Waals surface area (Å²) in [6.07, 6.45) is 9.29. The number of rotatable bonds is 7. The Hall–Kier alpha value is -3.47. The van der Waals surface area contributed by atoms with E-state index in [-0.39, 0.29) is 44.4 Å². The maximum Gasteiger partial charge on any atom is 0.407 e. The molecule has 2 aromatic rings. The van der Waals surface area contributed by atoms with E-state index >= 15 is 0 Å². The van der Waals surface area contributed by atoms with E-state index in [1.807, 2.05) is 19.1 Å². The van der Waals surface area contributed by atoms with Crippen molar-refractivity contribution in [3.05, 3.63) is 48.7 Å². The molecule has 12 nitrogen and oxygen atoms in total. The second kappa shape index (κ2) is 14.8. The number of ether oxygens (including phenoxy) is 2. The highest BCUT2D eigenvalue weighted by atomic mass is 31.2. The summed E-state index contributed by atoms with van der Waals surface area (Å²) in [5.41, 5.74) is 1.13. The number of alkyl carbamates (subject to hydrolysis) is 1. The number of aromatic nitrogens is 1. The largest absolute Gasteiger partial charge is 0.472 e. The lowest BCUT2D eigenvalue weighted by Gasteiger charge is -2.35. The molecule has 3 unspecified atom stereocenters. The maximum absolute atomic E-state index is 14.6. The molecule has 2 aliphatic heterocycles. The number of hydrogen-bond donors (Lipinski definition) is 3. The highest BCUT2D eigenvalue weighted by molar-refractivity contribution is 7.55. The molecular weight excluding hydrogens is 647 g/mol. The number of carbonyl (C=O) groups excluding carboxylic acids is 3. The Kier molecular flexibility index (Phi) is 10.7. The van der Waals surface area contributed by atoms with Crippen molar-refractivity contribution in [3.8, 4) is 5.88 Å². The highest BCUT2D eigenvalue weighted by Crippen LogP contribution is 2.70. The quantitative estimate of drug-likeness (QED) is 0.252. The van der Waals surface area contributed by atoms with Crippen molar-refractivity contribution in [2.75, 3.05) is 19.8 Å². The van der Waals surface area contributed by atoms with Gasteiger partial charge in [-0.25, -0.2) is 9.78 Å². The molecule has 2 aliphatic carbocycles. The van der Waals surface area contributed by atoms with Crippen molar-refractivity contribution < 1.29 is 37.8 Å². The Labute approximate surface area is 287 Å². The molecule has 1 saturated heterocycles. The zero-order chi connectivity index (χ0) is 34.8. The molecule has 6 rings (SSSR count). The molecule has 3 heterocycles. The molecule has 1 aromatic heterocycles. The molecule has 3 amide bonds. The van der Waals surface area contributed by atoms with Gasteiger partial charge in [0.25, 0.3) is 0 Å². The van der Waals surface area contributed by atoms with Crippen molar-refractivity contribution in [1.29, 1.82) is 0 Å². The average molecular weight is 697 g/mol. The molecular formula is C36H49N4O8P. The normalized spacial score (nSPS) is 31.1. The highest BCUT2D eigenvalue weighted by Gasteiger charge is 2.67. The summed E-state index contributed by atoms with van der Waals surface area (Å²) in [5.74, 6) is -1.05. The van der Waals surface area contributed by atoms with Gasteiger partial charge in [-0.1, -0.05) is 44.4 Å². The number of aryl methyl sites for hydroxylation is 1. The monoisotopic (exact) mass is 696 g/mol. The van der Waals surface area contributed by atoms with Gasteiger partial charge in [0.15, 0.2) is 0 Å². The molecule has 13 heteroatoms. The van der Waals surface area contributed by atoms with Crippen molar-refractivity contribution in [1.82, 2.24) is 20.5 Å². The van der Waals surface area contributed by atoms with Crippen LogP contribution in [-0.4, -0.2) is 75.9 Å². The van der Waals surface area contributed by atoms with Crippen molar-refractivity contribution >= 4 is 36.3 Å². The molecule has 0 spiro atoms. The van der Waals surface area contributed by atoms with Gasteiger partial charge in [0.2, 0.25) is 17.7 Å². The zero-order valence-corrected chi connectivity index (χ0v) is 29.4. The van der Waals surface area contributed by atoms with Crippen molar-refractivity contribution in [2.45, 2.75) is 102 Å². The van der Waals surface area contributed by atoms with Crippen LogP contribution in [0.25, 0.3) is 10.8 Å². The minimum Gasteiger partial charge on any atom is -0.472 e. The molecule has 49 heavy (non-hydrogen) atoms. The van der Waals surface area contributed by atoms with Gasteiger partial charge < -0.3 is 34.4 Å². The van der Waals surface area contributed by atoms with E-state index in [1.54, 1.807) is 19.2 Å². The fraction of sp³-hybridized carbons (Fsp3) is 0.611. The van der Waals surface area contributed by atoms with Crippen molar-refractivity contribution in [3.63, 3.8) is 0 Å². The van der Waals surface area contributed by atoms with Crippen molar-refractivity contribution in [2.24, 2.45) is 17.8 Å². The smallest absolute Gasteiger partial charge is 0.407 e. The predicted octanol–water partition coefficient (Wildman–Crippen LogP) is 5.47. The number of pyridine rings is 1. The number of carbonyl (C=O) groups is 3. The number of cyclic esters (lactones) is 1. The number of benzene rings is 1. The molecule has 3 fully saturated rings. The molecule has 0 radical (unpaired) electrons. The summed E-state index contributed by atoms with van der Waals surface area (Å²) in [6.45, 7) is 7.71. The van der Waals surface area contributed by atoms with Gasteiger partial charge in [0, 0.05) is 23.9 Å². The van der Waals surface area contributed by atoms with Gasteiger partial charge in [-0.3, -0.25) is 14.2 Å². The molecule has 3 N–H and O–H groups in total. The van der Waals surface area contributed by atoms with E-state index < -0.39 is 54.9 Å². The number of nitrogens with one attached hydrogen (secondary N) is 2. The first kappa shape index (κ1) is 35.4. The predicted molar refractivity (Wildman–Crippen MR) is 184 cm³/mol. The minimum atomic E-state index is -4.29.